The van der Waals surface area contributed by atoms with Gasteiger partial charge in [0.2, 0.25) is 0 Å². The third-order valence-corrected chi connectivity index (χ3v) is 2.31. The van der Waals surface area contributed by atoms with E-state index in [2.05, 4.69) is 21.2 Å². The Balaban J connectivity index is 0.000000441. The summed E-state index contributed by atoms with van der Waals surface area (Å²) in [4.78, 5) is 19.0. The fourth-order valence-corrected chi connectivity index (χ4v) is 1.07. The minimum atomic E-state index is -5.08. The molecule has 1 aromatic carbocycles. The van der Waals surface area contributed by atoms with Gasteiger partial charge in [-0.15, -0.1) is 0 Å². The first-order valence-electron chi connectivity index (χ1n) is 4.75. The average Bonchev–Trinajstić information content (AvgIpc) is 2.30. The van der Waals surface area contributed by atoms with Crippen LogP contribution in [0.1, 0.15) is 5.56 Å². The maximum absolute atomic E-state index is 12.9. The van der Waals surface area contributed by atoms with E-state index in [1.165, 1.54) is 12.1 Å². The number of nitrogens with one attached hydrogen (secondary N) is 1. The van der Waals surface area contributed by atoms with Crippen LogP contribution in [0.25, 0.3) is 0 Å². The molecule has 0 aliphatic carbocycles. The van der Waals surface area contributed by atoms with Gasteiger partial charge in [-0.25, -0.2) is 14.0 Å². The Kier molecular flexibility index (Phi) is 6.97. The highest BCUT2D eigenvalue weighted by Gasteiger charge is 2.38. The molecule has 0 aliphatic heterocycles. The van der Waals surface area contributed by atoms with E-state index in [4.69, 9.17) is 15.0 Å². The summed E-state index contributed by atoms with van der Waals surface area (Å²) >= 11 is 3.00. The number of carboxylic acid groups (broad SMARTS) is 2. The number of benzene rings is 1. The minimum absolute atomic E-state index is 0.111. The summed E-state index contributed by atoms with van der Waals surface area (Å²) in [6, 6.07) is 4.46. The molecule has 112 valence electrons. The Labute approximate surface area is 118 Å². The van der Waals surface area contributed by atoms with Crippen molar-refractivity contribution in [3.8, 4) is 0 Å². The molecule has 0 atom stereocenters. The SMILES string of the molecule is O=C(O)C(F)(F)F.O=C(O)NCc1ccc(Br)c(F)c1. The predicted molar refractivity (Wildman–Crippen MR) is 62.7 cm³/mol. The second-order valence-electron chi connectivity index (χ2n) is 3.21. The quantitative estimate of drug-likeness (QED) is 0.706. The fourth-order valence-electron chi connectivity index (χ4n) is 0.827. The van der Waals surface area contributed by atoms with Crippen LogP contribution in [0.4, 0.5) is 22.4 Å². The summed E-state index contributed by atoms with van der Waals surface area (Å²) in [5.74, 6) is -3.16. The lowest BCUT2D eigenvalue weighted by Crippen LogP contribution is -2.21. The van der Waals surface area contributed by atoms with Gasteiger partial charge in [-0.3, -0.25) is 0 Å². The molecule has 0 aromatic heterocycles. The van der Waals surface area contributed by atoms with Crippen LogP contribution in [0.15, 0.2) is 22.7 Å². The summed E-state index contributed by atoms with van der Waals surface area (Å²) in [5.41, 5.74) is 0.586. The van der Waals surface area contributed by atoms with Crippen LogP contribution in [0.5, 0.6) is 0 Å². The fraction of sp³-hybridized carbons (Fsp3) is 0.200. The number of carboxylic acids is 1. The molecule has 5 nitrogen and oxygen atoms in total. The van der Waals surface area contributed by atoms with Crippen LogP contribution in [-0.4, -0.2) is 28.5 Å². The highest BCUT2D eigenvalue weighted by molar-refractivity contribution is 9.10. The zero-order chi connectivity index (χ0) is 15.9. The predicted octanol–water partition coefficient (Wildman–Crippen LogP) is 2.99. The van der Waals surface area contributed by atoms with Gasteiger partial charge in [0.15, 0.2) is 0 Å². The molecule has 0 bridgehead atoms. The van der Waals surface area contributed by atoms with Gasteiger partial charge in [-0.1, -0.05) is 6.07 Å². The van der Waals surface area contributed by atoms with Crippen LogP contribution >= 0.6 is 15.9 Å². The number of alkyl halides is 3. The molecule has 1 rings (SSSR count). The Hall–Kier alpha value is -1.84. The standard InChI is InChI=1S/C8H7BrFNO2.C2HF3O2/c9-6-2-1-5(3-7(6)10)4-11-8(12)13;3-2(4,5)1(6)7/h1-3,11H,4H2,(H,12,13);(H,6,7). The van der Waals surface area contributed by atoms with E-state index in [1.54, 1.807) is 6.07 Å². The van der Waals surface area contributed by atoms with Crippen molar-refractivity contribution < 1.29 is 37.4 Å². The van der Waals surface area contributed by atoms with E-state index in [0.29, 0.717) is 10.0 Å². The zero-order valence-electron chi connectivity index (χ0n) is 9.54. The molecule has 0 saturated heterocycles. The minimum Gasteiger partial charge on any atom is -0.475 e. The van der Waals surface area contributed by atoms with Crippen LogP contribution in [0.2, 0.25) is 0 Å². The number of hydrogen-bond acceptors (Lipinski definition) is 2. The molecule has 0 radical (unpaired) electrons. The first-order valence-corrected chi connectivity index (χ1v) is 5.54. The Bertz CT molecular complexity index is 493. The van der Waals surface area contributed by atoms with Crippen LogP contribution in [0.3, 0.4) is 0 Å². The van der Waals surface area contributed by atoms with E-state index in [0.717, 1.165) is 0 Å². The zero-order valence-corrected chi connectivity index (χ0v) is 11.1. The second-order valence-corrected chi connectivity index (χ2v) is 4.06. The van der Waals surface area contributed by atoms with Crippen molar-refractivity contribution in [2.24, 2.45) is 0 Å². The normalized spacial score (nSPS) is 10.2. The summed E-state index contributed by atoms with van der Waals surface area (Å²) in [5, 5.41) is 17.6. The molecular formula is C10H8BrF4NO4. The molecule has 0 fully saturated rings. The number of rotatable bonds is 2. The van der Waals surface area contributed by atoms with Crippen molar-refractivity contribution in [2.45, 2.75) is 12.7 Å². The third-order valence-electron chi connectivity index (χ3n) is 1.67. The topological polar surface area (TPSA) is 86.6 Å². The summed E-state index contributed by atoms with van der Waals surface area (Å²) in [6.45, 7) is 0.111. The van der Waals surface area contributed by atoms with E-state index >= 15 is 0 Å². The average molecular weight is 362 g/mol. The van der Waals surface area contributed by atoms with E-state index in [9.17, 15) is 22.4 Å². The number of aliphatic carboxylic acids is 1. The Morgan fingerprint density at radius 1 is 1.25 bits per heavy atom. The van der Waals surface area contributed by atoms with Crippen LogP contribution < -0.4 is 5.32 Å². The van der Waals surface area contributed by atoms with Crippen LogP contribution in [-0.2, 0) is 11.3 Å². The maximum Gasteiger partial charge on any atom is 0.490 e. The number of amides is 1. The van der Waals surface area contributed by atoms with Gasteiger partial charge in [0.25, 0.3) is 0 Å². The summed E-state index contributed by atoms with van der Waals surface area (Å²) in [7, 11) is 0. The lowest BCUT2D eigenvalue weighted by Gasteiger charge is -2.01. The molecule has 1 amide bonds. The third kappa shape index (κ3) is 7.56. The summed E-state index contributed by atoms with van der Waals surface area (Å²) < 4.78 is 45.0. The van der Waals surface area contributed by atoms with Gasteiger partial charge >= 0.3 is 18.2 Å². The maximum atomic E-state index is 12.9. The van der Waals surface area contributed by atoms with Gasteiger partial charge < -0.3 is 15.5 Å². The molecule has 20 heavy (non-hydrogen) atoms. The van der Waals surface area contributed by atoms with Gasteiger partial charge in [0.1, 0.15) is 5.82 Å². The van der Waals surface area contributed by atoms with E-state index < -0.39 is 24.1 Å². The van der Waals surface area contributed by atoms with Crippen molar-refractivity contribution in [2.75, 3.05) is 0 Å². The number of halogens is 5. The first-order chi connectivity index (χ1) is 9.04. The van der Waals surface area contributed by atoms with Crippen molar-refractivity contribution in [1.82, 2.24) is 5.32 Å². The molecular weight excluding hydrogens is 354 g/mol. The monoisotopic (exact) mass is 361 g/mol. The van der Waals surface area contributed by atoms with Crippen LogP contribution in [0, 0.1) is 5.82 Å². The van der Waals surface area contributed by atoms with Crippen molar-refractivity contribution >= 4 is 28.0 Å². The molecule has 0 spiro atoms. The second kappa shape index (κ2) is 7.68. The lowest BCUT2D eigenvalue weighted by atomic mass is 10.2. The Morgan fingerprint density at radius 2 is 1.75 bits per heavy atom. The largest absolute Gasteiger partial charge is 0.490 e. The molecule has 10 heteroatoms. The molecule has 3 N–H and O–H groups in total. The van der Waals surface area contributed by atoms with Gasteiger partial charge in [0, 0.05) is 6.54 Å². The van der Waals surface area contributed by atoms with Gasteiger partial charge in [-0.05, 0) is 33.6 Å². The summed E-state index contributed by atoms with van der Waals surface area (Å²) in [6.07, 6.45) is -6.21. The molecule has 0 heterocycles. The molecule has 0 unspecified atom stereocenters. The molecule has 0 aliphatic rings. The van der Waals surface area contributed by atoms with Gasteiger partial charge in [0.05, 0.1) is 4.47 Å². The van der Waals surface area contributed by atoms with E-state index in [1.807, 2.05) is 0 Å². The Morgan fingerprint density at radius 3 is 2.10 bits per heavy atom. The highest BCUT2D eigenvalue weighted by Crippen LogP contribution is 2.16. The van der Waals surface area contributed by atoms with Gasteiger partial charge in [-0.2, -0.15) is 13.2 Å². The lowest BCUT2D eigenvalue weighted by molar-refractivity contribution is -0.192. The van der Waals surface area contributed by atoms with Crippen molar-refractivity contribution in [1.29, 1.82) is 0 Å². The van der Waals surface area contributed by atoms with Crippen molar-refractivity contribution in [3.05, 3.63) is 34.1 Å². The smallest absolute Gasteiger partial charge is 0.475 e. The molecule has 1 aromatic rings. The number of hydrogen-bond donors (Lipinski definition) is 3. The first kappa shape index (κ1) is 18.2. The highest BCUT2D eigenvalue weighted by atomic mass is 79.9. The molecule has 0 saturated carbocycles. The van der Waals surface area contributed by atoms with Crippen molar-refractivity contribution in [3.63, 3.8) is 0 Å². The van der Waals surface area contributed by atoms with E-state index in [-0.39, 0.29) is 6.54 Å². The number of carbonyl (C=O) groups is 2.